The Morgan fingerprint density at radius 3 is 2.35 bits per heavy atom. The molecule has 2 aliphatic rings. The van der Waals surface area contributed by atoms with Crippen molar-refractivity contribution in [3.63, 3.8) is 0 Å². The maximum absolute atomic E-state index is 12.6. The molecule has 2 atom stereocenters. The van der Waals surface area contributed by atoms with Crippen molar-refractivity contribution in [3.05, 3.63) is 28.2 Å². The summed E-state index contributed by atoms with van der Waals surface area (Å²) in [4.78, 5) is 14.5. The van der Waals surface area contributed by atoms with Crippen molar-refractivity contribution in [2.24, 2.45) is 0 Å². The van der Waals surface area contributed by atoms with Crippen LogP contribution in [0.4, 0.5) is 0 Å². The van der Waals surface area contributed by atoms with Crippen molar-refractivity contribution in [1.82, 2.24) is 9.62 Å². The minimum absolute atomic E-state index is 0.0185. The van der Waals surface area contributed by atoms with Crippen molar-refractivity contribution in [2.75, 3.05) is 12.8 Å². The van der Waals surface area contributed by atoms with Crippen LogP contribution in [0.2, 0.25) is 10.0 Å². The number of carbonyl (C=O) groups is 1. The maximum Gasteiger partial charge on any atom is 0.243 e. The number of nitrogens with zero attached hydrogens (tertiary/aromatic N) is 1. The van der Waals surface area contributed by atoms with Crippen LogP contribution in [0.25, 0.3) is 0 Å². The van der Waals surface area contributed by atoms with Crippen LogP contribution >= 0.6 is 35.0 Å². The third-order valence-electron chi connectivity index (χ3n) is 5.13. The number of fused-ring (bicyclic) bond motifs is 2. The molecule has 0 aromatic heterocycles. The summed E-state index contributed by atoms with van der Waals surface area (Å²) in [5, 5.41) is 0.749. The molecule has 0 radical (unpaired) electrons. The van der Waals surface area contributed by atoms with Gasteiger partial charge in [-0.15, -0.1) is 0 Å². The van der Waals surface area contributed by atoms with Gasteiger partial charge in [-0.25, -0.2) is 13.1 Å². The molecule has 3 rings (SSSR count). The van der Waals surface area contributed by atoms with Gasteiger partial charge in [0, 0.05) is 30.3 Å². The molecule has 1 amide bonds. The third kappa shape index (κ3) is 4.17. The normalized spacial score (nSPS) is 25.5. The molecule has 2 unspecified atom stereocenters. The number of sulfonamides is 1. The lowest BCUT2D eigenvalue weighted by atomic mass is 10.0. The molecule has 0 saturated carbocycles. The average molecular weight is 437 g/mol. The Hall–Kier alpha value is -0.470. The number of hydrogen-bond acceptors (Lipinski definition) is 4. The van der Waals surface area contributed by atoms with E-state index in [4.69, 9.17) is 23.2 Å². The highest BCUT2D eigenvalue weighted by Gasteiger charge is 2.42. The Balaban J connectivity index is 1.59. The SMILES string of the molecule is CSC1CC2CCC(C1)N2C(=O)CCNS(=O)(=O)c1c(Cl)cccc1Cl. The van der Waals surface area contributed by atoms with Crippen molar-refractivity contribution < 1.29 is 13.2 Å². The van der Waals surface area contributed by atoms with E-state index >= 15 is 0 Å². The molecule has 0 aliphatic carbocycles. The molecule has 2 fully saturated rings. The van der Waals surface area contributed by atoms with Gasteiger partial charge in [0.05, 0.1) is 10.0 Å². The van der Waals surface area contributed by atoms with E-state index in [1.807, 2.05) is 16.7 Å². The van der Waals surface area contributed by atoms with E-state index in [2.05, 4.69) is 11.0 Å². The molecule has 144 valence electrons. The number of carbonyl (C=O) groups excluding carboxylic acids is 1. The predicted octanol–water partition coefficient (Wildman–Crippen LogP) is 3.55. The van der Waals surface area contributed by atoms with Gasteiger partial charge in [0.15, 0.2) is 0 Å². The van der Waals surface area contributed by atoms with E-state index < -0.39 is 10.0 Å². The quantitative estimate of drug-likeness (QED) is 0.739. The van der Waals surface area contributed by atoms with Gasteiger partial charge in [-0.1, -0.05) is 29.3 Å². The van der Waals surface area contributed by atoms with Gasteiger partial charge in [0.2, 0.25) is 15.9 Å². The number of piperidine rings is 1. The van der Waals surface area contributed by atoms with Crippen LogP contribution in [-0.2, 0) is 14.8 Å². The van der Waals surface area contributed by atoms with Crippen molar-refractivity contribution in [1.29, 1.82) is 0 Å². The van der Waals surface area contributed by atoms with E-state index in [0.717, 1.165) is 25.7 Å². The minimum Gasteiger partial charge on any atom is -0.337 e. The molecule has 1 N–H and O–H groups in total. The topological polar surface area (TPSA) is 66.5 Å². The highest BCUT2D eigenvalue weighted by molar-refractivity contribution is 7.99. The number of rotatable bonds is 6. The fraction of sp³-hybridized carbons (Fsp3) is 0.588. The van der Waals surface area contributed by atoms with Crippen molar-refractivity contribution >= 4 is 50.9 Å². The first-order valence-corrected chi connectivity index (χ1v) is 12.1. The Labute approximate surface area is 168 Å². The number of amides is 1. The second-order valence-electron chi connectivity index (χ2n) is 6.71. The summed E-state index contributed by atoms with van der Waals surface area (Å²) in [5.41, 5.74) is 0. The van der Waals surface area contributed by atoms with Gasteiger partial charge in [-0.3, -0.25) is 4.79 Å². The lowest BCUT2D eigenvalue weighted by Gasteiger charge is -2.38. The second kappa shape index (κ2) is 8.27. The molecule has 9 heteroatoms. The van der Waals surface area contributed by atoms with Crippen molar-refractivity contribution in [2.45, 2.75) is 54.3 Å². The first-order valence-electron chi connectivity index (χ1n) is 8.61. The predicted molar refractivity (Wildman–Crippen MR) is 106 cm³/mol. The van der Waals surface area contributed by atoms with Crippen LogP contribution in [0.1, 0.15) is 32.1 Å². The second-order valence-corrected chi connectivity index (χ2v) is 10.4. The highest BCUT2D eigenvalue weighted by atomic mass is 35.5. The number of hydrogen-bond donors (Lipinski definition) is 1. The van der Waals surface area contributed by atoms with Gasteiger partial charge in [-0.2, -0.15) is 11.8 Å². The molecule has 1 aromatic rings. The Morgan fingerprint density at radius 2 is 1.81 bits per heavy atom. The zero-order valence-electron chi connectivity index (χ0n) is 14.5. The summed E-state index contributed by atoms with van der Waals surface area (Å²) >= 11 is 13.8. The number of nitrogens with one attached hydrogen (secondary N) is 1. The molecule has 2 bridgehead atoms. The van der Waals surface area contributed by atoms with Crippen LogP contribution in [0.5, 0.6) is 0 Å². The molecule has 2 aliphatic heterocycles. The zero-order valence-corrected chi connectivity index (χ0v) is 17.6. The minimum atomic E-state index is -3.86. The molecular weight excluding hydrogens is 415 g/mol. The van der Waals surface area contributed by atoms with E-state index in [1.54, 1.807) is 6.07 Å². The van der Waals surface area contributed by atoms with E-state index in [1.165, 1.54) is 12.1 Å². The smallest absolute Gasteiger partial charge is 0.243 e. The van der Waals surface area contributed by atoms with E-state index in [9.17, 15) is 13.2 Å². The van der Waals surface area contributed by atoms with Crippen LogP contribution in [0, 0.1) is 0 Å². The van der Waals surface area contributed by atoms with Gasteiger partial charge in [0.25, 0.3) is 0 Å². The molecule has 26 heavy (non-hydrogen) atoms. The van der Waals surface area contributed by atoms with Crippen LogP contribution in [0.15, 0.2) is 23.1 Å². The van der Waals surface area contributed by atoms with Gasteiger partial charge in [0.1, 0.15) is 4.90 Å². The molecule has 1 aromatic carbocycles. The zero-order chi connectivity index (χ0) is 18.9. The third-order valence-corrected chi connectivity index (χ3v) is 8.60. The molecule has 0 spiro atoms. The Bertz CT molecular complexity index is 754. The number of thioether (sulfide) groups is 1. The number of benzene rings is 1. The summed E-state index contributed by atoms with van der Waals surface area (Å²) in [6, 6.07) is 5.13. The first-order chi connectivity index (χ1) is 12.3. The van der Waals surface area contributed by atoms with Crippen molar-refractivity contribution in [3.8, 4) is 0 Å². The van der Waals surface area contributed by atoms with Gasteiger partial charge < -0.3 is 4.90 Å². The fourth-order valence-electron chi connectivity index (χ4n) is 3.96. The molecule has 2 saturated heterocycles. The lowest BCUT2D eigenvalue weighted by Crippen LogP contribution is -2.48. The van der Waals surface area contributed by atoms with E-state index in [-0.39, 0.29) is 33.8 Å². The molecular formula is C17H22Cl2N2O3S2. The highest BCUT2D eigenvalue weighted by Crippen LogP contribution is 2.39. The maximum atomic E-state index is 12.6. The summed E-state index contributed by atoms with van der Waals surface area (Å²) in [5.74, 6) is 0.0185. The summed E-state index contributed by atoms with van der Waals surface area (Å²) in [6.07, 6.45) is 6.42. The number of halogens is 2. The summed E-state index contributed by atoms with van der Waals surface area (Å²) in [6.45, 7) is 0.0324. The fourth-order valence-corrected chi connectivity index (χ4v) is 6.96. The molecule has 5 nitrogen and oxygen atoms in total. The van der Waals surface area contributed by atoms with E-state index in [0.29, 0.717) is 17.3 Å². The van der Waals surface area contributed by atoms with Crippen LogP contribution in [0.3, 0.4) is 0 Å². The van der Waals surface area contributed by atoms with Crippen LogP contribution in [-0.4, -0.2) is 49.4 Å². The standard InChI is InChI=1S/C17H22Cl2N2O3S2/c1-25-13-9-11-5-6-12(10-13)21(11)16(22)7-8-20-26(23,24)17-14(18)3-2-4-15(17)19/h2-4,11-13,20H,5-10H2,1H3. The summed E-state index contributed by atoms with van der Waals surface area (Å²) < 4.78 is 27.3. The summed E-state index contributed by atoms with van der Waals surface area (Å²) in [7, 11) is -3.86. The van der Waals surface area contributed by atoms with Crippen LogP contribution < -0.4 is 4.72 Å². The average Bonchev–Trinajstić information content (AvgIpc) is 2.84. The first kappa shape index (κ1) is 20.3. The monoisotopic (exact) mass is 436 g/mol. The largest absolute Gasteiger partial charge is 0.337 e. The Morgan fingerprint density at radius 1 is 1.23 bits per heavy atom. The Kier molecular flexibility index (Phi) is 6.45. The van der Waals surface area contributed by atoms with Gasteiger partial charge >= 0.3 is 0 Å². The lowest BCUT2D eigenvalue weighted by molar-refractivity contribution is -0.135. The van der Waals surface area contributed by atoms with Gasteiger partial charge in [-0.05, 0) is 44.1 Å². The molecule has 2 heterocycles.